The van der Waals surface area contributed by atoms with Crippen LogP contribution in [0.2, 0.25) is 0 Å². The van der Waals surface area contributed by atoms with Gasteiger partial charge in [-0.25, -0.2) is 0 Å². The fourth-order valence-electron chi connectivity index (χ4n) is 9.61. The lowest BCUT2D eigenvalue weighted by molar-refractivity contribution is 0.605. The summed E-state index contributed by atoms with van der Waals surface area (Å²) in [4.78, 5) is 0. The number of aryl methyl sites for hydroxylation is 4. The van der Waals surface area contributed by atoms with E-state index in [0.29, 0.717) is 0 Å². The summed E-state index contributed by atoms with van der Waals surface area (Å²) in [6.45, 7) is 9.12. The van der Waals surface area contributed by atoms with E-state index in [0.717, 1.165) is 12.8 Å². The highest BCUT2D eigenvalue weighted by molar-refractivity contribution is 6.25. The van der Waals surface area contributed by atoms with Crippen molar-refractivity contribution in [3.8, 4) is 33.4 Å². The lowest BCUT2D eigenvalue weighted by Gasteiger charge is -2.18. The molecule has 0 aliphatic rings. The monoisotopic (exact) mass is 811 g/mol. The SMILES string of the molecule is CCCCCCCCc1cc(-c2cc(-c3ccc(/C=C/c4ccc(C)cc4)cc3)cc(-c3ccc4c5ccccc5c5ccccc5c4c3)c2)c(CCCCCCCC)cc1C. The smallest absolute Gasteiger partial charge is 0.00928 e. The summed E-state index contributed by atoms with van der Waals surface area (Å²) in [6, 6.07) is 55.5. The van der Waals surface area contributed by atoms with Gasteiger partial charge in [0.15, 0.2) is 0 Å². The van der Waals surface area contributed by atoms with Crippen LogP contribution in [-0.2, 0) is 12.8 Å². The zero-order valence-corrected chi connectivity index (χ0v) is 37.9. The van der Waals surface area contributed by atoms with Crippen molar-refractivity contribution < 1.29 is 0 Å². The van der Waals surface area contributed by atoms with Crippen LogP contribution in [0, 0.1) is 13.8 Å². The van der Waals surface area contributed by atoms with E-state index in [-0.39, 0.29) is 0 Å². The molecule has 0 unspecified atom stereocenters. The van der Waals surface area contributed by atoms with Gasteiger partial charge in [0.25, 0.3) is 0 Å². The number of hydrogen-bond acceptors (Lipinski definition) is 0. The predicted octanol–water partition coefficient (Wildman–Crippen LogP) is 18.7. The van der Waals surface area contributed by atoms with Gasteiger partial charge in [0.2, 0.25) is 0 Å². The number of hydrogen-bond donors (Lipinski definition) is 0. The summed E-state index contributed by atoms with van der Waals surface area (Å²) in [5.74, 6) is 0. The fourth-order valence-corrected chi connectivity index (χ4v) is 9.61. The predicted molar refractivity (Wildman–Crippen MR) is 274 cm³/mol. The Morgan fingerprint density at radius 1 is 0.339 bits per heavy atom. The molecule has 8 aromatic rings. The third-order valence-electron chi connectivity index (χ3n) is 13.3. The van der Waals surface area contributed by atoms with Crippen molar-refractivity contribution in [1.82, 2.24) is 0 Å². The summed E-state index contributed by atoms with van der Waals surface area (Å²) >= 11 is 0. The standard InChI is InChI=1S/C62H66/c1-5-7-9-11-13-15-21-50-43-61(52(39-46(50)4)22-16-14-12-10-8-6-2)55-41-53(49-35-33-48(34-36-49)32-31-47-29-27-45(3)28-30-47)40-54(42-55)51-37-38-60-58-25-18-17-23-56(58)57-24-19-20-26-59(57)62(60)44-51/h17-20,23-44H,5-16,21-22H2,1-4H3/b32-31+. The van der Waals surface area contributed by atoms with Gasteiger partial charge in [-0.05, 0) is 157 Å². The van der Waals surface area contributed by atoms with Gasteiger partial charge in [-0.15, -0.1) is 0 Å². The Morgan fingerprint density at radius 2 is 0.790 bits per heavy atom. The van der Waals surface area contributed by atoms with Gasteiger partial charge in [0, 0.05) is 0 Å². The molecule has 0 bridgehead atoms. The highest BCUT2D eigenvalue weighted by Gasteiger charge is 2.15. The number of unbranched alkanes of at least 4 members (excludes halogenated alkanes) is 10. The molecule has 8 aromatic carbocycles. The van der Waals surface area contributed by atoms with Crippen LogP contribution in [0.1, 0.15) is 124 Å². The Kier molecular flexibility index (Phi) is 14.5. The van der Waals surface area contributed by atoms with Crippen LogP contribution in [0.3, 0.4) is 0 Å². The van der Waals surface area contributed by atoms with Crippen molar-refractivity contribution >= 4 is 44.5 Å². The van der Waals surface area contributed by atoms with Crippen LogP contribution in [-0.4, -0.2) is 0 Å². The zero-order valence-electron chi connectivity index (χ0n) is 37.9. The first-order valence-electron chi connectivity index (χ1n) is 24.0. The molecule has 0 aliphatic heterocycles. The molecule has 0 aromatic heterocycles. The molecule has 62 heavy (non-hydrogen) atoms. The van der Waals surface area contributed by atoms with Crippen LogP contribution < -0.4 is 0 Å². The Morgan fingerprint density at radius 3 is 1.37 bits per heavy atom. The first kappa shape index (κ1) is 42.9. The molecule has 0 aliphatic carbocycles. The molecule has 0 nitrogen and oxygen atoms in total. The van der Waals surface area contributed by atoms with E-state index in [1.54, 1.807) is 0 Å². The Labute approximate surface area is 372 Å². The van der Waals surface area contributed by atoms with Gasteiger partial charge in [-0.3, -0.25) is 0 Å². The molecule has 0 saturated carbocycles. The van der Waals surface area contributed by atoms with Crippen molar-refractivity contribution in [3.05, 3.63) is 179 Å². The van der Waals surface area contributed by atoms with Crippen LogP contribution in [0.5, 0.6) is 0 Å². The summed E-state index contributed by atoms with van der Waals surface area (Å²) in [5, 5.41) is 7.89. The molecule has 0 saturated heterocycles. The number of fused-ring (bicyclic) bond motifs is 6. The van der Waals surface area contributed by atoms with Crippen molar-refractivity contribution in [1.29, 1.82) is 0 Å². The molecule has 8 rings (SSSR count). The van der Waals surface area contributed by atoms with E-state index in [1.165, 1.54) is 176 Å². The maximum absolute atomic E-state index is 2.59. The Balaban J connectivity index is 1.23. The number of benzene rings is 8. The van der Waals surface area contributed by atoms with E-state index in [2.05, 4.69) is 185 Å². The lowest BCUT2D eigenvalue weighted by Crippen LogP contribution is -1.99. The second-order valence-corrected chi connectivity index (χ2v) is 18.0. The largest absolute Gasteiger partial charge is 0.0654 e. The summed E-state index contributed by atoms with van der Waals surface area (Å²) in [7, 11) is 0. The average Bonchev–Trinajstić information content (AvgIpc) is 3.31. The van der Waals surface area contributed by atoms with Gasteiger partial charge < -0.3 is 0 Å². The summed E-state index contributed by atoms with van der Waals surface area (Å²) in [6.07, 6.45) is 22.5. The molecule has 0 spiro atoms. The normalized spacial score (nSPS) is 11.7. The van der Waals surface area contributed by atoms with E-state index in [1.807, 2.05) is 0 Å². The Hall–Kier alpha value is -5.72. The zero-order chi connectivity index (χ0) is 42.7. The quantitative estimate of drug-likeness (QED) is 0.0434. The second kappa shape index (κ2) is 20.9. The van der Waals surface area contributed by atoms with Crippen molar-refractivity contribution in [2.45, 2.75) is 118 Å². The average molecular weight is 811 g/mol. The summed E-state index contributed by atoms with van der Waals surface area (Å²) in [5.41, 5.74) is 16.0. The molecule has 314 valence electrons. The molecular formula is C62H66. The molecular weight excluding hydrogens is 745 g/mol. The maximum Gasteiger partial charge on any atom is -0.00928 e. The van der Waals surface area contributed by atoms with Crippen molar-refractivity contribution in [3.63, 3.8) is 0 Å². The van der Waals surface area contributed by atoms with Crippen LogP contribution in [0.25, 0.3) is 77.9 Å². The lowest BCUT2D eigenvalue weighted by atomic mass is 9.86. The molecule has 0 atom stereocenters. The first-order chi connectivity index (χ1) is 30.5. The van der Waals surface area contributed by atoms with Crippen molar-refractivity contribution in [2.75, 3.05) is 0 Å². The topological polar surface area (TPSA) is 0 Å². The highest BCUT2D eigenvalue weighted by Crippen LogP contribution is 2.40. The molecule has 0 heteroatoms. The minimum Gasteiger partial charge on any atom is -0.0654 e. The fraction of sp³-hybridized carbons (Fsp3) is 0.290. The van der Waals surface area contributed by atoms with Gasteiger partial charge in [0.05, 0.1) is 0 Å². The minimum atomic E-state index is 1.12. The van der Waals surface area contributed by atoms with E-state index in [4.69, 9.17) is 0 Å². The summed E-state index contributed by atoms with van der Waals surface area (Å²) < 4.78 is 0. The van der Waals surface area contributed by atoms with Crippen molar-refractivity contribution in [2.24, 2.45) is 0 Å². The molecule has 0 radical (unpaired) electrons. The van der Waals surface area contributed by atoms with E-state index < -0.39 is 0 Å². The van der Waals surface area contributed by atoms with Crippen LogP contribution >= 0.6 is 0 Å². The van der Waals surface area contributed by atoms with Gasteiger partial charge in [-0.2, -0.15) is 0 Å². The molecule has 0 fully saturated rings. The van der Waals surface area contributed by atoms with E-state index in [9.17, 15) is 0 Å². The van der Waals surface area contributed by atoms with Crippen LogP contribution in [0.4, 0.5) is 0 Å². The number of rotatable bonds is 19. The third-order valence-corrected chi connectivity index (χ3v) is 13.3. The highest BCUT2D eigenvalue weighted by atomic mass is 14.2. The molecule has 0 N–H and O–H groups in total. The van der Waals surface area contributed by atoms with E-state index >= 15 is 0 Å². The molecule has 0 heterocycles. The maximum atomic E-state index is 2.59. The third kappa shape index (κ3) is 10.3. The van der Waals surface area contributed by atoms with Gasteiger partial charge >= 0.3 is 0 Å². The van der Waals surface area contributed by atoms with Gasteiger partial charge in [-0.1, -0.05) is 217 Å². The van der Waals surface area contributed by atoms with Crippen LogP contribution in [0.15, 0.2) is 146 Å². The molecule has 0 amide bonds. The Bertz CT molecular complexity index is 2720. The first-order valence-corrected chi connectivity index (χ1v) is 24.0. The second-order valence-electron chi connectivity index (χ2n) is 18.0. The minimum absolute atomic E-state index is 1.12. The van der Waals surface area contributed by atoms with Gasteiger partial charge in [0.1, 0.15) is 0 Å².